The third kappa shape index (κ3) is 3.14. The molecule has 0 saturated carbocycles. The highest BCUT2D eigenvalue weighted by Gasteiger charge is 2.46. The largest absolute Gasteiger partial charge is 0.543 e. The van der Waals surface area contributed by atoms with Crippen LogP contribution in [0.25, 0.3) is 11.3 Å². The van der Waals surface area contributed by atoms with Crippen molar-refractivity contribution in [3.05, 3.63) is 42.7 Å². The van der Waals surface area contributed by atoms with Crippen molar-refractivity contribution >= 4 is 8.32 Å². The van der Waals surface area contributed by atoms with Crippen molar-refractivity contribution in [3.8, 4) is 17.1 Å². The molecule has 0 saturated heterocycles. The minimum atomic E-state index is -1.88. The molecule has 0 fully saturated rings. The maximum Gasteiger partial charge on any atom is 0.258 e. The number of hydrogen-bond acceptors (Lipinski definition) is 2. The zero-order chi connectivity index (χ0) is 16.3. The van der Waals surface area contributed by atoms with Gasteiger partial charge in [0, 0.05) is 5.56 Å². The van der Waals surface area contributed by atoms with E-state index in [9.17, 15) is 0 Å². The molecule has 3 heteroatoms. The molecular formula is C19H28O2Si. The molecule has 22 heavy (non-hydrogen) atoms. The van der Waals surface area contributed by atoms with Gasteiger partial charge in [0.15, 0.2) is 0 Å². The molecule has 0 amide bonds. The van der Waals surface area contributed by atoms with E-state index < -0.39 is 8.32 Å². The Balaban J connectivity index is 2.27. The Labute approximate surface area is 135 Å². The molecule has 0 bridgehead atoms. The van der Waals surface area contributed by atoms with Gasteiger partial charge in [-0.25, -0.2) is 0 Å². The second-order valence-corrected chi connectivity index (χ2v) is 12.3. The van der Waals surface area contributed by atoms with Crippen molar-refractivity contribution < 1.29 is 8.84 Å². The van der Waals surface area contributed by atoms with Crippen LogP contribution in [0.3, 0.4) is 0 Å². The van der Waals surface area contributed by atoms with Gasteiger partial charge in [-0.15, -0.1) is 0 Å². The van der Waals surface area contributed by atoms with E-state index in [-0.39, 0.29) is 0 Å². The average Bonchev–Trinajstić information content (AvgIpc) is 2.98. The summed E-state index contributed by atoms with van der Waals surface area (Å²) in [4.78, 5) is 0. The predicted molar refractivity (Wildman–Crippen MR) is 95.8 cm³/mol. The molecule has 0 atom stereocenters. The van der Waals surface area contributed by atoms with Crippen molar-refractivity contribution in [3.63, 3.8) is 0 Å². The lowest BCUT2D eigenvalue weighted by atomic mass is 10.2. The molecule has 120 valence electrons. The standard InChI is InChI=1S/C19H28O2Si/c1-14(2)22(15(3)4,16(5)6)21-18-11-9-17(10-12-18)19-8-7-13-20-19/h7-16H,1-6H3. The minimum absolute atomic E-state index is 0.581. The quantitative estimate of drug-likeness (QED) is 0.567. The molecule has 0 spiro atoms. The molecule has 0 radical (unpaired) electrons. The van der Waals surface area contributed by atoms with E-state index in [1.165, 1.54) is 0 Å². The lowest BCUT2D eigenvalue weighted by molar-refractivity contribution is 0.480. The molecule has 1 aromatic heterocycles. The Morgan fingerprint density at radius 1 is 0.818 bits per heavy atom. The van der Waals surface area contributed by atoms with E-state index in [0.29, 0.717) is 16.6 Å². The van der Waals surface area contributed by atoms with Crippen LogP contribution in [0.2, 0.25) is 16.6 Å². The van der Waals surface area contributed by atoms with E-state index in [4.69, 9.17) is 8.84 Å². The summed E-state index contributed by atoms with van der Waals surface area (Å²) in [6.07, 6.45) is 1.70. The van der Waals surface area contributed by atoms with Crippen LogP contribution in [0.4, 0.5) is 0 Å². The fourth-order valence-electron chi connectivity index (χ4n) is 3.69. The van der Waals surface area contributed by atoms with Gasteiger partial charge in [0.25, 0.3) is 8.32 Å². The highest BCUT2D eigenvalue weighted by atomic mass is 28.4. The van der Waals surface area contributed by atoms with Crippen LogP contribution >= 0.6 is 0 Å². The summed E-state index contributed by atoms with van der Waals surface area (Å²) in [5, 5.41) is 0. The van der Waals surface area contributed by atoms with E-state index in [1.807, 2.05) is 12.1 Å². The van der Waals surface area contributed by atoms with Crippen molar-refractivity contribution in [1.29, 1.82) is 0 Å². The minimum Gasteiger partial charge on any atom is -0.543 e. The second kappa shape index (κ2) is 6.74. The zero-order valence-electron chi connectivity index (χ0n) is 14.6. The van der Waals surface area contributed by atoms with Crippen LogP contribution in [0.1, 0.15) is 41.5 Å². The van der Waals surface area contributed by atoms with Crippen molar-refractivity contribution in [2.45, 2.75) is 58.2 Å². The Hall–Kier alpha value is -1.48. The van der Waals surface area contributed by atoms with Gasteiger partial charge in [-0.3, -0.25) is 0 Å². The average molecular weight is 317 g/mol. The number of furan rings is 1. The normalized spacial score (nSPS) is 12.4. The summed E-state index contributed by atoms with van der Waals surface area (Å²) >= 11 is 0. The Morgan fingerprint density at radius 3 is 1.77 bits per heavy atom. The fraction of sp³-hybridized carbons (Fsp3) is 0.474. The van der Waals surface area contributed by atoms with Gasteiger partial charge >= 0.3 is 0 Å². The SMILES string of the molecule is CC(C)[Si](Oc1ccc(-c2ccco2)cc1)(C(C)C)C(C)C. The Kier molecular flexibility index (Phi) is 5.17. The van der Waals surface area contributed by atoms with E-state index in [2.05, 4.69) is 65.8 Å². The fourth-order valence-corrected chi connectivity index (χ4v) is 8.94. The summed E-state index contributed by atoms with van der Waals surface area (Å²) < 4.78 is 12.1. The maximum atomic E-state index is 6.67. The van der Waals surface area contributed by atoms with Crippen LogP contribution in [-0.2, 0) is 0 Å². The van der Waals surface area contributed by atoms with Gasteiger partial charge < -0.3 is 8.84 Å². The van der Waals surface area contributed by atoms with Crippen LogP contribution < -0.4 is 4.43 Å². The topological polar surface area (TPSA) is 22.4 Å². The van der Waals surface area contributed by atoms with Crippen LogP contribution in [0.15, 0.2) is 47.1 Å². The summed E-state index contributed by atoms with van der Waals surface area (Å²) in [6.45, 7) is 13.9. The number of rotatable bonds is 6. The Morgan fingerprint density at radius 2 is 1.36 bits per heavy atom. The van der Waals surface area contributed by atoms with Gasteiger partial charge in [-0.05, 0) is 53.0 Å². The summed E-state index contributed by atoms with van der Waals surface area (Å²) in [6, 6.07) is 12.2. The summed E-state index contributed by atoms with van der Waals surface area (Å²) in [7, 11) is -1.88. The van der Waals surface area contributed by atoms with Crippen LogP contribution in [0.5, 0.6) is 5.75 Å². The van der Waals surface area contributed by atoms with Gasteiger partial charge in [0.1, 0.15) is 11.5 Å². The van der Waals surface area contributed by atoms with Gasteiger partial charge in [0.2, 0.25) is 0 Å². The second-order valence-electron chi connectivity index (χ2n) is 6.92. The lowest BCUT2D eigenvalue weighted by Crippen LogP contribution is -2.50. The first-order chi connectivity index (χ1) is 10.4. The first-order valence-electron chi connectivity index (χ1n) is 8.20. The highest BCUT2D eigenvalue weighted by Crippen LogP contribution is 2.42. The van der Waals surface area contributed by atoms with Crippen molar-refractivity contribution in [2.24, 2.45) is 0 Å². The molecule has 0 aliphatic carbocycles. The number of hydrogen-bond donors (Lipinski definition) is 0. The molecule has 0 N–H and O–H groups in total. The maximum absolute atomic E-state index is 6.67. The third-order valence-electron chi connectivity index (χ3n) is 4.66. The van der Waals surface area contributed by atoms with Crippen LogP contribution in [-0.4, -0.2) is 8.32 Å². The van der Waals surface area contributed by atoms with Crippen molar-refractivity contribution in [2.75, 3.05) is 0 Å². The molecule has 2 aromatic rings. The first kappa shape index (κ1) is 16.9. The Bertz CT molecular complexity index is 546. The molecule has 1 heterocycles. The summed E-state index contributed by atoms with van der Waals surface area (Å²) in [5.41, 5.74) is 2.83. The zero-order valence-corrected chi connectivity index (χ0v) is 15.6. The van der Waals surface area contributed by atoms with Crippen molar-refractivity contribution in [1.82, 2.24) is 0 Å². The third-order valence-corrected chi connectivity index (χ3v) is 10.7. The lowest BCUT2D eigenvalue weighted by Gasteiger charge is -2.42. The molecule has 1 aromatic carbocycles. The van der Waals surface area contributed by atoms with Gasteiger partial charge in [-0.2, -0.15) is 0 Å². The summed E-state index contributed by atoms with van der Waals surface area (Å²) in [5.74, 6) is 1.88. The predicted octanol–water partition coefficient (Wildman–Crippen LogP) is 6.50. The van der Waals surface area contributed by atoms with E-state index in [0.717, 1.165) is 17.1 Å². The molecule has 2 rings (SSSR count). The molecule has 2 nitrogen and oxygen atoms in total. The monoisotopic (exact) mass is 316 g/mol. The van der Waals surface area contributed by atoms with E-state index in [1.54, 1.807) is 6.26 Å². The molecule has 0 aliphatic rings. The van der Waals surface area contributed by atoms with Crippen LogP contribution in [0, 0.1) is 0 Å². The highest BCUT2D eigenvalue weighted by molar-refractivity contribution is 6.78. The molecule has 0 unspecified atom stereocenters. The molecule has 0 aliphatic heterocycles. The van der Waals surface area contributed by atoms with Gasteiger partial charge in [-0.1, -0.05) is 41.5 Å². The van der Waals surface area contributed by atoms with Gasteiger partial charge in [0.05, 0.1) is 6.26 Å². The molecular weight excluding hydrogens is 288 g/mol. The first-order valence-corrected chi connectivity index (χ1v) is 10.3. The number of benzene rings is 1. The smallest absolute Gasteiger partial charge is 0.258 e. The van der Waals surface area contributed by atoms with E-state index >= 15 is 0 Å².